The largest absolute Gasteiger partial charge is 0.413 e. The molecule has 0 aliphatic heterocycles. The van der Waals surface area contributed by atoms with Crippen LogP contribution in [0.1, 0.15) is 66.5 Å². The van der Waals surface area contributed by atoms with Crippen LogP contribution in [-0.4, -0.2) is 80.9 Å². The Morgan fingerprint density at radius 2 is 1.14 bits per heavy atom. The molecule has 0 amide bonds. The minimum atomic E-state index is -1.90. The zero-order valence-corrected chi connectivity index (χ0v) is 33.0. The van der Waals surface area contributed by atoms with Crippen molar-refractivity contribution in [3.8, 4) is 0 Å². The SMILES string of the molecule is COCCOCCOCCN(CC(C)(C)SSC)c1cc(CO[Si](C)(C)C(C)(C)C)cc(CO[Si](C)(C)C(C)(C)C)c1. The summed E-state index contributed by atoms with van der Waals surface area (Å²) in [5.74, 6) is 0. The van der Waals surface area contributed by atoms with Crippen LogP contribution in [0.2, 0.25) is 36.3 Å². The Morgan fingerprint density at radius 3 is 1.57 bits per heavy atom. The molecule has 0 bridgehead atoms. The van der Waals surface area contributed by atoms with E-state index in [1.165, 1.54) is 16.8 Å². The van der Waals surface area contributed by atoms with E-state index >= 15 is 0 Å². The first-order valence-corrected chi connectivity index (χ1v) is 23.6. The molecule has 0 saturated carbocycles. The van der Waals surface area contributed by atoms with Crippen molar-refractivity contribution < 1.29 is 23.1 Å². The highest BCUT2D eigenvalue weighted by atomic mass is 33.1. The third kappa shape index (κ3) is 14.4. The van der Waals surface area contributed by atoms with E-state index in [0.717, 1.165) is 13.1 Å². The second-order valence-corrected chi connectivity index (χ2v) is 27.5. The number of anilines is 1. The maximum atomic E-state index is 6.70. The molecular formula is C32H63NO5S2Si2. The normalized spacial score (nSPS) is 13.6. The van der Waals surface area contributed by atoms with Crippen molar-refractivity contribution in [2.75, 3.05) is 64.4 Å². The molecule has 0 N–H and O–H groups in total. The summed E-state index contributed by atoms with van der Waals surface area (Å²) in [6.07, 6.45) is 2.15. The molecule has 0 spiro atoms. The highest BCUT2D eigenvalue weighted by molar-refractivity contribution is 8.77. The van der Waals surface area contributed by atoms with Gasteiger partial charge >= 0.3 is 0 Å². The molecule has 1 aromatic rings. The minimum Gasteiger partial charge on any atom is -0.413 e. The lowest BCUT2D eigenvalue weighted by Crippen LogP contribution is -2.41. The first-order valence-electron chi connectivity index (χ1n) is 15.3. The van der Waals surface area contributed by atoms with Gasteiger partial charge in [-0.2, -0.15) is 0 Å². The third-order valence-corrected chi connectivity index (χ3v) is 20.0. The summed E-state index contributed by atoms with van der Waals surface area (Å²) in [5, 5.41) is 0.323. The van der Waals surface area contributed by atoms with Gasteiger partial charge in [0, 0.05) is 30.6 Å². The lowest BCUT2D eigenvalue weighted by Gasteiger charge is -2.37. The van der Waals surface area contributed by atoms with Crippen LogP contribution >= 0.6 is 21.6 Å². The van der Waals surface area contributed by atoms with Crippen molar-refractivity contribution in [2.24, 2.45) is 0 Å². The summed E-state index contributed by atoms with van der Waals surface area (Å²) in [4.78, 5) is 2.47. The Balaban J connectivity index is 3.29. The van der Waals surface area contributed by atoms with Crippen molar-refractivity contribution in [2.45, 2.75) is 110 Å². The van der Waals surface area contributed by atoms with Crippen LogP contribution in [0.15, 0.2) is 18.2 Å². The van der Waals surface area contributed by atoms with Crippen molar-refractivity contribution >= 4 is 43.9 Å². The molecule has 0 aliphatic carbocycles. The highest BCUT2D eigenvalue weighted by Gasteiger charge is 2.38. The summed E-state index contributed by atoms with van der Waals surface area (Å²) in [5.41, 5.74) is 3.62. The number of ether oxygens (including phenoxy) is 3. The van der Waals surface area contributed by atoms with Crippen LogP contribution in [0.25, 0.3) is 0 Å². The first kappa shape index (κ1) is 40.0. The van der Waals surface area contributed by atoms with E-state index in [4.69, 9.17) is 23.1 Å². The van der Waals surface area contributed by atoms with Gasteiger partial charge in [0.15, 0.2) is 16.6 Å². The maximum absolute atomic E-state index is 6.70. The van der Waals surface area contributed by atoms with Gasteiger partial charge in [-0.1, -0.05) is 69.2 Å². The second-order valence-electron chi connectivity index (χ2n) is 14.8. The van der Waals surface area contributed by atoms with Gasteiger partial charge in [-0.05, 0) is 79.6 Å². The molecule has 0 unspecified atom stereocenters. The number of benzene rings is 1. The number of rotatable bonds is 20. The number of methoxy groups -OCH3 is 1. The molecule has 42 heavy (non-hydrogen) atoms. The van der Waals surface area contributed by atoms with Crippen LogP contribution in [0.3, 0.4) is 0 Å². The fourth-order valence-electron chi connectivity index (χ4n) is 3.70. The summed E-state index contributed by atoms with van der Waals surface area (Å²) < 4.78 is 30.1. The van der Waals surface area contributed by atoms with Crippen LogP contribution in [0, 0.1) is 0 Å². The molecule has 0 radical (unpaired) electrons. The van der Waals surface area contributed by atoms with Crippen LogP contribution < -0.4 is 4.90 Å². The maximum Gasteiger partial charge on any atom is 0.192 e. The highest BCUT2D eigenvalue weighted by Crippen LogP contribution is 2.39. The molecule has 1 aromatic carbocycles. The Labute approximate surface area is 269 Å². The molecule has 0 atom stereocenters. The van der Waals surface area contributed by atoms with Gasteiger partial charge in [-0.25, -0.2) is 0 Å². The van der Waals surface area contributed by atoms with Crippen LogP contribution in [0.5, 0.6) is 0 Å². The predicted molar refractivity (Wildman–Crippen MR) is 191 cm³/mol. The third-order valence-electron chi connectivity index (χ3n) is 8.40. The molecule has 0 heterocycles. The summed E-state index contributed by atoms with van der Waals surface area (Å²) in [6.45, 7) is 33.6. The summed E-state index contributed by atoms with van der Waals surface area (Å²) >= 11 is 0. The van der Waals surface area contributed by atoms with E-state index < -0.39 is 16.6 Å². The van der Waals surface area contributed by atoms with Crippen molar-refractivity contribution in [3.05, 3.63) is 29.3 Å². The zero-order chi connectivity index (χ0) is 32.2. The molecule has 6 nitrogen and oxygen atoms in total. The smallest absolute Gasteiger partial charge is 0.192 e. The molecule has 246 valence electrons. The number of hydrogen-bond donors (Lipinski definition) is 0. The minimum absolute atomic E-state index is 0.0636. The van der Waals surface area contributed by atoms with Gasteiger partial charge in [0.25, 0.3) is 0 Å². The van der Waals surface area contributed by atoms with Crippen molar-refractivity contribution in [1.82, 2.24) is 0 Å². The van der Waals surface area contributed by atoms with Gasteiger partial charge in [0.2, 0.25) is 0 Å². The number of hydrogen-bond acceptors (Lipinski definition) is 8. The average Bonchev–Trinajstić information content (AvgIpc) is 2.85. The van der Waals surface area contributed by atoms with E-state index in [1.807, 2.05) is 21.6 Å². The fourth-order valence-corrected chi connectivity index (χ4v) is 7.80. The predicted octanol–water partition coefficient (Wildman–Crippen LogP) is 9.01. The van der Waals surface area contributed by atoms with Crippen molar-refractivity contribution in [1.29, 1.82) is 0 Å². The molecule has 0 aliphatic rings. The second kappa shape index (κ2) is 17.6. The van der Waals surface area contributed by atoms with Crippen LogP contribution in [0.4, 0.5) is 5.69 Å². The lowest BCUT2D eigenvalue weighted by molar-refractivity contribution is 0.0264. The molecular weight excluding hydrogens is 599 g/mol. The topological polar surface area (TPSA) is 49.4 Å². The Hall–Kier alpha value is -0.0462. The quantitative estimate of drug-likeness (QED) is 0.0780. The molecule has 10 heteroatoms. The summed E-state index contributed by atoms with van der Waals surface area (Å²) in [6, 6.07) is 6.92. The van der Waals surface area contributed by atoms with Gasteiger partial charge in [-0.3, -0.25) is 0 Å². The number of nitrogens with zero attached hydrogens (tertiary/aromatic N) is 1. The van der Waals surface area contributed by atoms with Crippen LogP contribution in [-0.2, 0) is 36.3 Å². The molecule has 0 fully saturated rings. The molecule has 0 saturated heterocycles. The van der Waals surface area contributed by atoms with Gasteiger partial charge in [0.05, 0.1) is 46.2 Å². The monoisotopic (exact) mass is 661 g/mol. The van der Waals surface area contributed by atoms with E-state index in [1.54, 1.807) is 7.11 Å². The van der Waals surface area contributed by atoms with E-state index in [9.17, 15) is 0 Å². The van der Waals surface area contributed by atoms with Crippen molar-refractivity contribution in [3.63, 3.8) is 0 Å². The Morgan fingerprint density at radius 1 is 0.690 bits per heavy atom. The Kier molecular flexibility index (Phi) is 16.7. The van der Waals surface area contributed by atoms with Gasteiger partial charge in [0.1, 0.15) is 0 Å². The Bertz CT molecular complexity index is 869. The zero-order valence-electron chi connectivity index (χ0n) is 29.4. The molecule has 0 aromatic heterocycles. The first-order chi connectivity index (χ1) is 19.2. The van der Waals surface area contributed by atoms with E-state index in [0.29, 0.717) is 46.2 Å². The average molecular weight is 662 g/mol. The van der Waals surface area contributed by atoms with Gasteiger partial charge < -0.3 is 28.0 Å². The van der Waals surface area contributed by atoms with E-state index in [2.05, 4.69) is 111 Å². The van der Waals surface area contributed by atoms with E-state index in [-0.39, 0.29) is 14.8 Å². The standard InChI is InChI=1S/C32H63NO5S2Si2/c1-30(2,3)41(11,12)37-24-27-21-28(25-38-42(13,14)31(4,5)6)23-29(22-27)33(26-32(7,8)40-39-10)15-16-35-19-20-36-18-17-34-9/h21-23H,15-20,24-26H2,1-14H3. The fraction of sp³-hybridized carbons (Fsp3) is 0.812. The summed E-state index contributed by atoms with van der Waals surface area (Å²) in [7, 11) is 1.63. The lowest BCUT2D eigenvalue weighted by atomic mass is 10.1. The molecule has 1 rings (SSSR count). The van der Waals surface area contributed by atoms with Gasteiger partial charge in [-0.15, -0.1) is 0 Å².